The minimum Gasteiger partial charge on any atom is -0.392 e. The Morgan fingerprint density at radius 1 is 1.43 bits per heavy atom. The molecule has 1 nitrogen and oxygen atoms in total. The van der Waals surface area contributed by atoms with E-state index in [0.717, 1.165) is 27.0 Å². The summed E-state index contributed by atoms with van der Waals surface area (Å²) in [5.74, 6) is 0.167. The zero-order chi connectivity index (χ0) is 10.1. The molecule has 1 aromatic heterocycles. The van der Waals surface area contributed by atoms with Gasteiger partial charge in [-0.1, -0.05) is 18.2 Å². The number of benzene rings is 1. The Hall–Kier alpha value is -0.640. The zero-order valence-corrected chi connectivity index (χ0v) is 8.83. The fourth-order valence-electron chi connectivity index (χ4n) is 1.45. The lowest BCUT2D eigenvalue weighted by atomic mass is 10.1. The minimum absolute atomic E-state index is 0.0704. The van der Waals surface area contributed by atoms with Crippen molar-refractivity contribution in [3.05, 3.63) is 34.5 Å². The van der Waals surface area contributed by atoms with Crippen LogP contribution in [0, 0.1) is 5.13 Å². The van der Waals surface area contributed by atoms with E-state index >= 15 is 0 Å². The van der Waals surface area contributed by atoms with E-state index in [2.05, 4.69) is 0 Å². The van der Waals surface area contributed by atoms with Crippen LogP contribution in [0.15, 0.2) is 18.2 Å². The number of rotatable bonds is 2. The molecule has 0 radical (unpaired) electrons. The van der Waals surface area contributed by atoms with Crippen LogP contribution in [0.1, 0.15) is 11.1 Å². The third-order valence-electron chi connectivity index (χ3n) is 2.15. The molecule has 0 saturated carbocycles. The predicted octanol–water partition coefficient (Wildman–Crippen LogP) is 3.27. The van der Waals surface area contributed by atoms with Crippen molar-refractivity contribution in [3.63, 3.8) is 0 Å². The van der Waals surface area contributed by atoms with E-state index in [1.807, 2.05) is 6.07 Å². The van der Waals surface area contributed by atoms with Gasteiger partial charge in [-0.15, -0.1) is 22.9 Å². The number of aliphatic hydroxyl groups is 1. The van der Waals surface area contributed by atoms with E-state index in [9.17, 15) is 4.39 Å². The third-order valence-corrected chi connectivity index (χ3v) is 3.53. The highest BCUT2D eigenvalue weighted by Gasteiger charge is 2.12. The van der Waals surface area contributed by atoms with Crippen molar-refractivity contribution in [2.75, 3.05) is 0 Å². The summed E-state index contributed by atoms with van der Waals surface area (Å²) in [7, 11) is 0. The van der Waals surface area contributed by atoms with Crippen molar-refractivity contribution in [1.82, 2.24) is 0 Å². The molecule has 0 saturated heterocycles. The average Bonchev–Trinajstić information content (AvgIpc) is 2.52. The maximum absolute atomic E-state index is 13.4. The van der Waals surface area contributed by atoms with Gasteiger partial charge in [0, 0.05) is 15.6 Å². The van der Waals surface area contributed by atoms with Crippen LogP contribution in [0.4, 0.5) is 4.39 Å². The predicted molar refractivity (Wildman–Crippen MR) is 57.3 cm³/mol. The van der Waals surface area contributed by atoms with Crippen molar-refractivity contribution in [2.45, 2.75) is 12.5 Å². The van der Waals surface area contributed by atoms with Gasteiger partial charge >= 0.3 is 0 Å². The summed E-state index contributed by atoms with van der Waals surface area (Å²) in [5, 5.41) is 9.62. The first kappa shape index (κ1) is 9.90. The summed E-state index contributed by atoms with van der Waals surface area (Å²) in [6.45, 7) is -0.0704. The van der Waals surface area contributed by atoms with E-state index < -0.39 is 0 Å². The van der Waals surface area contributed by atoms with E-state index in [4.69, 9.17) is 16.7 Å². The summed E-state index contributed by atoms with van der Waals surface area (Å²) in [5.41, 5.74) is 1.28. The van der Waals surface area contributed by atoms with Gasteiger partial charge in [0.05, 0.1) is 12.5 Å². The van der Waals surface area contributed by atoms with Gasteiger partial charge in [-0.3, -0.25) is 0 Å². The van der Waals surface area contributed by atoms with Crippen LogP contribution in [0.25, 0.3) is 10.1 Å². The SMILES string of the molecule is OCc1cccc2c(CCl)c(F)sc12. The number of alkyl halides is 1. The lowest BCUT2D eigenvalue weighted by Crippen LogP contribution is -1.83. The van der Waals surface area contributed by atoms with Gasteiger partial charge in [-0.05, 0) is 5.56 Å². The summed E-state index contributed by atoms with van der Waals surface area (Å²) in [4.78, 5) is 0. The summed E-state index contributed by atoms with van der Waals surface area (Å²) in [6.07, 6.45) is 0. The summed E-state index contributed by atoms with van der Waals surface area (Å²) >= 11 is 6.70. The molecule has 1 aromatic carbocycles. The van der Waals surface area contributed by atoms with Gasteiger partial charge in [-0.2, -0.15) is 4.39 Å². The molecule has 0 aliphatic heterocycles. The van der Waals surface area contributed by atoms with Crippen LogP contribution >= 0.6 is 22.9 Å². The molecule has 0 amide bonds. The first-order valence-corrected chi connectivity index (χ1v) is 5.48. The Balaban J connectivity index is 2.79. The second-order valence-corrected chi connectivity index (χ2v) is 4.18. The van der Waals surface area contributed by atoms with Crippen molar-refractivity contribution < 1.29 is 9.50 Å². The van der Waals surface area contributed by atoms with Gasteiger partial charge in [0.1, 0.15) is 0 Å². The Labute approximate surface area is 89.7 Å². The summed E-state index contributed by atoms with van der Waals surface area (Å²) < 4.78 is 14.2. The molecule has 4 heteroatoms. The molecular formula is C10H8ClFOS. The zero-order valence-electron chi connectivity index (χ0n) is 7.26. The molecule has 2 aromatic rings. The van der Waals surface area contributed by atoms with Gasteiger partial charge < -0.3 is 5.11 Å². The Morgan fingerprint density at radius 2 is 2.21 bits per heavy atom. The molecular weight excluding hydrogens is 223 g/mol. The molecule has 0 spiro atoms. The molecule has 1 heterocycles. The Kier molecular flexibility index (Phi) is 2.72. The molecule has 0 unspecified atom stereocenters. The lowest BCUT2D eigenvalue weighted by molar-refractivity contribution is 0.283. The van der Waals surface area contributed by atoms with E-state index in [1.54, 1.807) is 12.1 Å². The molecule has 2 rings (SSSR count). The van der Waals surface area contributed by atoms with E-state index in [1.165, 1.54) is 0 Å². The fraction of sp³-hybridized carbons (Fsp3) is 0.200. The largest absolute Gasteiger partial charge is 0.392 e. The first-order chi connectivity index (χ1) is 6.77. The second-order valence-electron chi connectivity index (χ2n) is 2.94. The van der Waals surface area contributed by atoms with Crippen LogP contribution in [0.5, 0.6) is 0 Å². The van der Waals surface area contributed by atoms with Gasteiger partial charge in [-0.25, -0.2) is 0 Å². The highest BCUT2D eigenvalue weighted by atomic mass is 35.5. The third kappa shape index (κ3) is 1.41. The topological polar surface area (TPSA) is 20.2 Å². The fourth-order valence-corrected chi connectivity index (χ4v) is 2.84. The molecule has 0 aliphatic rings. The number of thiophene rings is 1. The van der Waals surface area contributed by atoms with Crippen LogP contribution in [0.3, 0.4) is 0 Å². The number of halogens is 2. The van der Waals surface area contributed by atoms with Crippen molar-refractivity contribution in [1.29, 1.82) is 0 Å². The molecule has 1 N–H and O–H groups in total. The second kappa shape index (κ2) is 3.85. The number of hydrogen-bond donors (Lipinski definition) is 1. The van der Waals surface area contributed by atoms with E-state index in [-0.39, 0.29) is 17.6 Å². The Morgan fingerprint density at radius 3 is 2.86 bits per heavy atom. The van der Waals surface area contributed by atoms with Gasteiger partial charge in [0.25, 0.3) is 0 Å². The van der Waals surface area contributed by atoms with Crippen molar-refractivity contribution in [3.8, 4) is 0 Å². The van der Waals surface area contributed by atoms with Crippen LogP contribution in [0.2, 0.25) is 0 Å². The standard InChI is InChI=1S/C10H8ClFOS/c11-4-8-7-3-1-2-6(5-13)9(7)14-10(8)12/h1-3,13H,4-5H2. The van der Waals surface area contributed by atoms with Crippen molar-refractivity contribution >= 4 is 33.0 Å². The molecule has 0 fully saturated rings. The molecule has 74 valence electrons. The lowest BCUT2D eigenvalue weighted by Gasteiger charge is -1.97. The normalized spacial score (nSPS) is 11.1. The first-order valence-electron chi connectivity index (χ1n) is 4.13. The summed E-state index contributed by atoms with van der Waals surface area (Å²) in [6, 6.07) is 5.41. The highest BCUT2D eigenvalue weighted by molar-refractivity contribution is 7.18. The highest BCUT2D eigenvalue weighted by Crippen LogP contribution is 2.33. The van der Waals surface area contributed by atoms with Gasteiger partial charge in [0.15, 0.2) is 5.13 Å². The number of aliphatic hydroxyl groups excluding tert-OH is 1. The van der Waals surface area contributed by atoms with Crippen LogP contribution in [-0.4, -0.2) is 5.11 Å². The van der Waals surface area contributed by atoms with Crippen molar-refractivity contribution in [2.24, 2.45) is 0 Å². The van der Waals surface area contributed by atoms with E-state index in [0.29, 0.717) is 5.56 Å². The van der Waals surface area contributed by atoms with Gasteiger partial charge in [0.2, 0.25) is 0 Å². The van der Waals surface area contributed by atoms with Crippen LogP contribution < -0.4 is 0 Å². The van der Waals surface area contributed by atoms with Crippen LogP contribution in [-0.2, 0) is 12.5 Å². The molecule has 0 aliphatic carbocycles. The maximum Gasteiger partial charge on any atom is 0.182 e. The maximum atomic E-state index is 13.4. The molecule has 0 atom stereocenters. The number of hydrogen-bond acceptors (Lipinski definition) is 2. The smallest absolute Gasteiger partial charge is 0.182 e. The molecule has 14 heavy (non-hydrogen) atoms. The number of fused-ring (bicyclic) bond motifs is 1. The molecule has 0 bridgehead atoms. The quantitative estimate of drug-likeness (QED) is 0.786. The average molecular weight is 231 g/mol. The monoisotopic (exact) mass is 230 g/mol. The minimum atomic E-state index is -0.254. The Bertz CT molecular complexity index is 466.